The molecule has 0 amide bonds. The molecule has 0 saturated carbocycles. The summed E-state index contributed by atoms with van der Waals surface area (Å²) in [6.45, 7) is 2.33. The van der Waals surface area contributed by atoms with Gasteiger partial charge in [0.05, 0.1) is 12.2 Å². The van der Waals surface area contributed by atoms with Crippen molar-refractivity contribution in [2.75, 3.05) is 33.3 Å². The molecular formula is C14H19F3N2O. The number of hydrogen-bond acceptors (Lipinski definition) is 3. The molecule has 0 radical (unpaired) electrons. The van der Waals surface area contributed by atoms with Gasteiger partial charge in [-0.1, -0.05) is 18.2 Å². The number of aliphatic hydroxyl groups excluding tert-OH is 1. The number of benzene rings is 1. The highest BCUT2D eigenvalue weighted by Crippen LogP contribution is 2.32. The van der Waals surface area contributed by atoms with Gasteiger partial charge in [0.15, 0.2) is 0 Å². The van der Waals surface area contributed by atoms with Crippen molar-refractivity contribution in [2.45, 2.75) is 18.8 Å². The molecule has 1 aliphatic heterocycles. The van der Waals surface area contributed by atoms with Gasteiger partial charge in [0.2, 0.25) is 0 Å². The SMILES string of the molecule is CN1CCN(Cc2ccccc2C(F)(F)F)CC1CO. The van der Waals surface area contributed by atoms with Crippen molar-refractivity contribution in [3.05, 3.63) is 35.4 Å². The van der Waals surface area contributed by atoms with Crippen molar-refractivity contribution in [3.8, 4) is 0 Å². The highest BCUT2D eigenvalue weighted by atomic mass is 19.4. The number of piperazine rings is 1. The molecule has 3 nitrogen and oxygen atoms in total. The Morgan fingerprint density at radius 3 is 2.60 bits per heavy atom. The van der Waals surface area contributed by atoms with Gasteiger partial charge in [-0.2, -0.15) is 13.2 Å². The van der Waals surface area contributed by atoms with E-state index in [1.165, 1.54) is 12.1 Å². The van der Waals surface area contributed by atoms with Crippen LogP contribution in [0.4, 0.5) is 13.2 Å². The summed E-state index contributed by atoms with van der Waals surface area (Å²) in [7, 11) is 1.92. The first kappa shape index (κ1) is 15.3. The molecular weight excluding hydrogens is 269 g/mol. The Balaban J connectivity index is 2.11. The van der Waals surface area contributed by atoms with E-state index in [9.17, 15) is 18.3 Å². The summed E-state index contributed by atoms with van der Waals surface area (Å²) in [6.07, 6.45) is -4.32. The molecule has 1 aromatic rings. The van der Waals surface area contributed by atoms with Gasteiger partial charge in [-0.05, 0) is 18.7 Å². The number of halogens is 3. The van der Waals surface area contributed by atoms with Gasteiger partial charge in [-0.15, -0.1) is 0 Å². The Morgan fingerprint density at radius 1 is 1.25 bits per heavy atom. The molecule has 0 spiro atoms. The fourth-order valence-electron chi connectivity index (χ4n) is 2.53. The van der Waals surface area contributed by atoms with E-state index in [0.717, 1.165) is 12.6 Å². The summed E-state index contributed by atoms with van der Waals surface area (Å²) in [6, 6.07) is 5.67. The molecule has 1 heterocycles. The first-order chi connectivity index (χ1) is 9.41. The largest absolute Gasteiger partial charge is 0.416 e. The third kappa shape index (κ3) is 3.50. The van der Waals surface area contributed by atoms with E-state index in [-0.39, 0.29) is 19.2 Å². The van der Waals surface area contributed by atoms with Crippen LogP contribution in [0.15, 0.2) is 24.3 Å². The zero-order valence-corrected chi connectivity index (χ0v) is 11.4. The average Bonchev–Trinajstić information content (AvgIpc) is 2.40. The van der Waals surface area contributed by atoms with Crippen LogP contribution < -0.4 is 0 Å². The van der Waals surface area contributed by atoms with E-state index in [1.54, 1.807) is 6.07 Å². The minimum Gasteiger partial charge on any atom is -0.395 e. The number of nitrogens with zero attached hydrogens (tertiary/aromatic N) is 2. The lowest BCUT2D eigenvalue weighted by molar-refractivity contribution is -0.138. The van der Waals surface area contributed by atoms with Crippen molar-refractivity contribution in [2.24, 2.45) is 0 Å². The third-order valence-electron chi connectivity index (χ3n) is 3.79. The van der Waals surface area contributed by atoms with Crippen LogP contribution in [0.5, 0.6) is 0 Å². The molecule has 0 bridgehead atoms. The second-order valence-electron chi connectivity index (χ2n) is 5.21. The Morgan fingerprint density at radius 2 is 1.95 bits per heavy atom. The highest BCUT2D eigenvalue weighted by molar-refractivity contribution is 5.29. The lowest BCUT2D eigenvalue weighted by Gasteiger charge is -2.38. The van der Waals surface area contributed by atoms with Gasteiger partial charge in [-0.3, -0.25) is 9.80 Å². The van der Waals surface area contributed by atoms with E-state index in [0.29, 0.717) is 18.7 Å². The fourth-order valence-corrected chi connectivity index (χ4v) is 2.53. The normalized spacial score (nSPS) is 22.1. The topological polar surface area (TPSA) is 26.7 Å². The maximum atomic E-state index is 12.9. The first-order valence-corrected chi connectivity index (χ1v) is 6.60. The molecule has 20 heavy (non-hydrogen) atoms. The van der Waals surface area contributed by atoms with E-state index in [4.69, 9.17) is 0 Å². The Kier molecular flexibility index (Phi) is 4.67. The van der Waals surface area contributed by atoms with E-state index in [1.807, 2.05) is 16.8 Å². The first-order valence-electron chi connectivity index (χ1n) is 6.60. The van der Waals surface area contributed by atoms with Crippen LogP contribution in [-0.2, 0) is 12.7 Å². The number of alkyl halides is 3. The molecule has 0 aliphatic carbocycles. The van der Waals surface area contributed by atoms with Crippen molar-refractivity contribution >= 4 is 0 Å². The third-order valence-corrected chi connectivity index (χ3v) is 3.79. The molecule has 6 heteroatoms. The van der Waals surface area contributed by atoms with Crippen LogP contribution in [0.1, 0.15) is 11.1 Å². The Labute approximate surface area is 116 Å². The van der Waals surface area contributed by atoms with Gasteiger partial charge in [-0.25, -0.2) is 0 Å². The molecule has 1 N–H and O–H groups in total. The second-order valence-corrected chi connectivity index (χ2v) is 5.21. The summed E-state index contributed by atoms with van der Waals surface area (Å²) in [5.74, 6) is 0. The van der Waals surface area contributed by atoms with Crippen LogP contribution in [0.3, 0.4) is 0 Å². The number of rotatable bonds is 3. The summed E-state index contributed by atoms with van der Waals surface area (Å²) in [5.41, 5.74) is -0.277. The van der Waals surface area contributed by atoms with Gasteiger partial charge >= 0.3 is 6.18 Å². The number of hydrogen-bond donors (Lipinski definition) is 1. The summed E-state index contributed by atoms with van der Waals surface area (Å²) in [4.78, 5) is 4.00. The van der Waals surface area contributed by atoms with Crippen LogP contribution in [0.25, 0.3) is 0 Å². The summed E-state index contributed by atoms with van der Waals surface area (Å²) >= 11 is 0. The molecule has 1 atom stereocenters. The predicted octanol–water partition coefficient (Wildman–Crippen LogP) is 1.81. The standard InChI is InChI=1S/C14H19F3N2O/c1-18-6-7-19(9-12(18)10-20)8-11-4-2-3-5-13(11)14(15,16)17/h2-5,12,20H,6-10H2,1H3. The molecule has 2 rings (SSSR count). The quantitative estimate of drug-likeness (QED) is 0.919. The predicted molar refractivity (Wildman–Crippen MR) is 70.2 cm³/mol. The smallest absolute Gasteiger partial charge is 0.395 e. The summed E-state index contributed by atoms with van der Waals surface area (Å²) < 4.78 is 38.8. The zero-order chi connectivity index (χ0) is 14.8. The zero-order valence-electron chi connectivity index (χ0n) is 11.4. The molecule has 1 unspecified atom stereocenters. The van der Waals surface area contributed by atoms with Gasteiger partial charge in [0.25, 0.3) is 0 Å². The minimum atomic E-state index is -4.32. The van der Waals surface area contributed by atoms with Crippen molar-refractivity contribution in [1.82, 2.24) is 9.80 Å². The molecule has 112 valence electrons. The Hall–Kier alpha value is -1.11. The molecule has 0 aromatic heterocycles. The lowest BCUT2D eigenvalue weighted by atomic mass is 10.1. The number of likely N-dealkylation sites (N-methyl/N-ethyl adjacent to an activating group) is 1. The van der Waals surface area contributed by atoms with Gasteiger partial charge in [0, 0.05) is 32.2 Å². The van der Waals surface area contributed by atoms with Crippen molar-refractivity contribution < 1.29 is 18.3 Å². The minimum absolute atomic E-state index is 0.0122. The highest BCUT2D eigenvalue weighted by Gasteiger charge is 2.33. The fraction of sp³-hybridized carbons (Fsp3) is 0.571. The molecule has 1 aliphatic rings. The molecule has 1 fully saturated rings. The summed E-state index contributed by atoms with van der Waals surface area (Å²) in [5, 5.41) is 9.28. The van der Waals surface area contributed by atoms with Crippen LogP contribution in [0, 0.1) is 0 Å². The van der Waals surface area contributed by atoms with Crippen molar-refractivity contribution in [1.29, 1.82) is 0 Å². The van der Waals surface area contributed by atoms with E-state index >= 15 is 0 Å². The van der Waals surface area contributed by atoms with E-state index < -0.39 is 11.7 Å². The molecule has 1 aromatic carbocycles. The Bertz CT molecular complexity index is 450. The monoisotopic (exact) mass is 288 g/mol. The van der Waals surface area contributed by atoms with E-state index in [2.05, 4.69) is 0 Å². The van der Waals surface area contributed by atoms with Crippen LogP contribution in [0.2, 0.25) is 0 Å². The lowest BCUT2D eigenvalue weighted by Crippen LogP contribution is -2.52. The van der Waals surface area contributed by atoms with Crippen LogP contribution >= 0.6 is 0 Å². The van der Waals surface area contributed by atoms with Gasteiger partial charge < -0.3 is 5.11 Å². The number of aliphatic hydroxyl groups is 1. The maximum absolute atomic E-state index is 12.9. The molecule has 1 saturated heterocycles. The average molecular weight is 288 g/mol. The van der Waals surface area contributed by atoms with Crippen LogP contribution in [-0.4, -0.2) is 54.2 Å². The maximum Gasteiger partial charge on any atom is 0.416 e. The van der Waals surface area contributed by atoms with Crippen molar-refractivity contribution in [3.63, 3.8) is 0 Å². The van der Waals surface area contributed by atoms with Gasteiger partial charge in [0.1, 0.15) is 0 Å². The second kappa shape index (κ2) is 6.11.